The lowest BCUT2D eigenvalue weighted by Gasteiger charge is -2.14. The Labute approximate surface area is 116 Å². The predicted octanol–water partition coefficient (Wildman–Crippen LogP) is 1.08. The first kappa shape index (κ1) is 13.2. The number of nitrogens with zero attached hydrogens (tertiary/aromatic N) is 1. The number of carbonyl (C=O) groups excluding carboxylic acids is 1. The molecule has 1 aromatic carbocycles. The molecular weight excluding hydrogens is 263 g/mol. The van der Waals surface area contributed by atoms with Gasteiger partial charge < -0.3 is 14.8 Å². The molecule has 2 heterocycles. The number of hydrogen-bond donors (Lipinski definition) is 1. The molecule has 0 spiro atoms. The van der Waals surface area contributed by atoms with Crippen molar-refractivity contribution >= 4 is 5.91 Å². The summed E-state index contributed by atoms with van der Waals surface area (Å²) < 4.78 is 23.5. The molecule has 2 aliphatic rings. The maximum atomic E-state index is 13.0. The molecule has 5 nitrogen and oxygen atoms in total. The Bertz CT molecular complexity index is 509. The van der Waals surface area contributed by atoms with E-state index in [2.05, 4.69) is 5.32 Å². The minimum Gasteiger partial charge on any atom is -0.454 e. The summed E-state index contributed by atoms with van der Waals surface area (Å²) in [6, 6.07) is 5.58. The number of hydrogen-bond acceptors (Lipinski definition) is 4. The molecule has 2 aliphatic heterocycles. The van der Waals surface area contributed by atoms with Gasteiger partial charge in [-0.3, -0.25) is 9.69 Å². The van der Waals surface area contributed by atoms with Crippen molar-refractivity contribution in [3.63, 3.8) is 0 Å². The van der Waals surface area contributed by atoms with Gasteiger partial charge in [0.05, 0.1) is 6.54 Å². The van der Waals surface area contributed by atoms with Gasteiger partial charge in [0.2, 0.25) is 12.7 Å². The third-order valence-corrected chi connectivity index (χ3v) is 3.51. The molecular formula is C14H17FN2O3. The minimum atomic E-state index is -0.795. The summed E-state index contributed by atoms with van der Waals surface area (Å²) in [5.41, 5.74) is 0.951. The van der Waals surface area contributed by atoms with E-state index >= 15 is 0 Å². The van der Waals surface area contributed by atoms with Crippen molar-refractivity contribution in [2.24, 2.45) is 0 Å². The van der Waals surface area contributed by atoms with Crippen LogP contribution in [0, 0.1) is 0 Å². The smallest absolute Gasteiger partial charge is 0.234 e. The van der Waals surface area contributed by atoms with E-state index in [-0.39, 0.29) is 19.2 Å². The zero-order chi connectivity index (χ0) is 13.9. The number of nitrogens with one attached hydrogen (secondary N) is 1. The fourth-order valence-corrected chi connectivity index (χ4v) is 2.44. The fourth-order valence-electron chi connectivity index (χ4n) is 2.44. The zero-order valence-corrected chi connectivity index (χ0v) is 11.1. The first-order valence-corrected chi connectivity index (χ1v) is 6.72. The second-order valence-corrected chi connectivity index (χ2v) is 5.09. The van der Waals surface area contributed by atoms with E-state index in [1.165, 1.54) is 0 Å². The van der Waals surface area contributed by atoms with E-state index in [1.54, 1.807) is 0 Å². The summed E-state index contributed by atoms with van der Waals surface area (Å²) in [7, 11) is 0. The van der Waals surface area contributed by atoms with E-state index in [0.29, 0.717) is 31.8 Å². The molecule has 1 saturated heterocycles. The summed E-state index contributed by atoms with van der Waals surface area (Å²) in [5, 5.41) is 2.83. The molecule has 0 aromatic heterocycles. The van der Waals surface area contributed by atoms with Crippen molar-refractivity contribution < 1.29 is 18.7 Å². The van der Waals surface area contributed by atoms with Crippen LogP contribution in [0.2, 0.25) is 0 Å². The van der Waals surface area contributed by atoms with E-state index in [4.69, 9.17) is 9.47 Å². The Hall–Kier alpha value is -1.82. The number of carbonyl (C=O) groups is 1. The van der Waals surface area contributed by atoms with E-state index in [1.807, 2.05) is 23.1 Å². The zero-order valence-electron chi connectivity index (χ0n) is 11.1. The molecule has 1 N–H and O–H groups in total. The highest BCUT2D eigenvalue weighted by molar-refractivity contribution is 5.78. The van der Waals surface area contributed by atoms with Gasteiger partial charge in [0.25, 0.3) is 0 Å². The van der Waals surface area contributed by atoms with Gasteiger partial charge in [0.1, 0.15) is 6.17 Å². The van der Waals surface area contributed by atoms with Crippen LogP contribution in [-0.4, -0.2) is 43.4 Å². The number of ether oxygens (including phenoxy) is 2. The molecule has 6 heteroatoms. The molecule has 3 rings (SSSR count). The third kappa shape index (κ3) is 3.01. The van der Waals surface area contributed by atoms with Crippen LogP contribution in [0.3, 0.4) is 0 Å². The van der Waals surface area contributed by atoms with Gasteiger partial charge in [0.15, 0.2) is 11.5 Å². The number of alkyl halides is 1. The molecule has 20 heavy (non-hydrogen) atoms. The van der Waals surface area contributed by atoms with Gasteiger partial charge >= 0.3 is 0 Å². The van der Waals surface area contributed by atoms with Crippen LogP contribution >= 0.6 is 0 Å². The van der Waals surface area contributed by atoms with Gasteiger partial charge in [0, 0.05) is 19.6 Å². The molecule has 0 saturated carbocycles. The van der Waals surface area contributed by atoms with E-state index < -0.39 is 6.17 Å². The molecule has 1 atom stereocenters. The van der Waals surface area contributed by atoms with Crippen LogP contribution in [0.4, 0.5) is 4.39 Å². The summed E-state index contributed by atoms with van der Waals surface area (Å²) in [4.78, 5) is 13.6. The summed E-state index contributed by atoms with van der Waals surface area (Å²) in [5.74, 6) is 1.35. The van der Waals surface area contributed by atoms with Gasteiger partial charge in [-0.1, -0.05) is 6.07 Å². The maximum absolute atomic E-state index is 13.0. The topological polar surface area (TPSA) is 50.8 Å². The predicted molar refractivity (Wildman–Crippen MR) is 70.4 cm³/mol. The second-order valence-electron chi connectivity index (χ2n) is 5.09. The van der Waals surface area contributed by atoms with Crippen molar-refractivity contribution in [2.45, 2.75) is 19.1 Å². The van der Waals surface area contributed by atoms with Gasteiger partial charge in [-0.25, -0.2) is 4.39 Å². The first-order valence-electron chi connectivity index (χ1n) is 6.72. The van der Waals surface area contributed by atoms with Crippen molar-refractivity contribution in [1.29, 1.82) is 0 Å². The molecule has 1 fully saturated rings. The SMILES string of the molecule is O=C(CN1CCC(F)C1)NCc1ccc2c(c1)OCO2. The molecule has 108 valence electrons. The first-order chi connectivity index (χ1) is 9.70. The molecule has 1 amide bonds. The quantitative estimate of drug-likeness (QED) is 0.896. The monoisotopic (exact) mass is 280 g/mol. The Kier molecular flexibility index (Phi) is 3.73. The number of halogens is 1. The number of fused-ring (bicyclic) bond motifs is 1. The standard InChI is InChI=1S/C14H17FN2O3/c15-11-3-4-17(7-11)8-14(18)16-6-10-1-2-12-13(5-10)20-9-19-12/h1-2,5,11H,3-4,6-9H2,(H,16,18). The number of amides is 1. The van der Waals surface area contributed by atoms with Crippen molar-refractivity contribution in [2.75, 3.05) is 26.4 Å². The van der Waals surface area contributed by atoms with Gasteiger partial charge in [-0.2, -0.15) is 0 Å². The Balaban J connectivity index is 1.48. The number of benzene rings is 1. The molecule has 0 aliphatic carbocycles. The van der Waals surface area contributed by atoms with Crippen LogP contribution in [0.1, 0.15) is 12.0 Å². The summed E-state index contributed by atoms with van der Waals surface area (Å²) in [6.07, 6.45) is -0.272. The van der Waals surface area contributed by atoms with Crippen LogP contribution in [-0.2, 0) is 11.3 Å². The second kappa shape index (κ2) is 5.66. The van der Waals surface area contributed by atoms with Crippen LogP contribution < -0.4 is 14.8 Å². The van der Waals surface area contributed by atoms with Crippen LogP contribution in [0.15, 0.2) is 18.2 Å². The molecule has 0 radical (unpaired) electrons. The highest BCUT2D eigenvalue weighted by Crippen LogP contribution is 2.32. The lowest BCUT2D eigenvalue weighted by Crippen LogP contribution is -2.35. The van der Waals surface area contributed by atoms with Crippen molar-refractivity contribution in [3.8, 4) is 11.5 Å². The number of rotatable bonds is 4. The van der Waals surface area contributed by atoms with E-state index in [9.17, 15) is 9.18 Å². The van der Waals surface area contributed by atoms with Gasteiger partial charge in [-0.05, 0) is 24.1 Å². The minimum absolute atomic E-state index is 0.0863. The highest BCUT2D eigenvalue weighted by Gasteiger charge is 2.23. The summed E-state index contributed by atoms with van der Waals surface area (Å²) >= 11 is 0. The van der Waals surface area contributed by atoms with Crippen LogP contribution in [0.25, 0.3) is 0 Å². The summed E-state index contributed by atoms with van der Waals surface area (Å²) in [6.45, 7) is 1.94. The molecule has 1 aromatic rings. The number of likely N-dealkylation sites (tertiary alicyclic amines) is 1. The average Bonchev–Trinajstić information content (AvgIpc) is 3.04. The average molecular weight is 280 g/mol. The third-order valence-electron chi connectivity index (χ3n) is 3.51. The molecule has 1 unspecified atom stereocenters. The normalized spacial score (nSPS) is 21.1. The lowest BCUT2D eigenvalue weighted by molar-refractivity contribution is -0.122. The highest BCUT2D eigenvalue weighted by atomic mass is 19.1. The fraction of sp³-hybridized carbons (Fsp3) is 0.500. The Morgan fingerprint density at radius 1 is 1.40 bits per heavy atom. The largest absolute Gasteiger partial charge is 0.454 e. The van der Waals surface area contributed by atoms with E-state index in [0.717, 1.165) is 11.3 Å². The maximum Gasteiger partial charge on any atom is 0.234 e. The Morgan fingerprint density at radius 2 is 2.25 bits per heavy atom. The molecule has 0 bridgehead atoms. The Morgan fingerprint density at radius 3 is 3.05 bits per heavy atom. The lowest BCUT2D eigenvalue weighted by atomic mass is 10.2. The van der Waals surface area contributed by atoms with Crippen molar-refractivity contribution in [3.05, 3.63) is 23.8 Å². The van der Waals surface area contributed by atoms with Gasteiger partial charge in [-0.15, -0.1) is 0 Å². The van der Waals surface area contributed by atoms with Crippen molar-refractivity contribution in [1.82, 2.24) is 10.2 Å². The van der Waals surface area contributed by atoms with Crippen LogP contribution in [0.5, 0.6) is 11.5 Å².